The van der Waals surface area contributed by atoms with Crippen molar-refractivity contribution < 1.29 is 0 Å². The van der Waals surface area contributed by atoms with Crippen LogP contribution in [-0.4, -0.2) is 12.8 Å². The minimum atomic E-state index is -0.0618. The van der Waals surface area contributed by atoms with Gasteiger partial charge in [0, 0.05) is 11.9 Å². The average molecular weight is 171 g/mol. The highest BCUT2D eigenvalue weighted by Crippen LogP contribution is 2.37. The topological polar surface area (TPSA) is 12.9 Å². The fourth-order valence-corrected chi connectivity index (χ4v) is 2.15. The van der Waals surface area contributed by atoms with Gasteiger partial charge < -0.3 is 0 Å². The molecule has 1 saturated carbocycles. The van der Waals surface area contributed by atoms with E-state index in [1.807, 2.05) is 13.1 Å². The summed E-state index contributed by atoms with van der Waals surface area (Å²) in [5.41, 5.74) is 2.33. The summed E-state index contributed by atoms with van der Waals surface area (Å²) in [5, 5.41) is -0.0618. The van der Waals surface area contributed by atoms with Crippen molar-refractivity contribution in [2.24, 2.45) is 0 Å². The molecule has 13 heavy (non-hydrogen) atoms. The fourth-order valence-electron chi connectivity index (χ4n) is 2.15. The number of hydrogen-bond acceptors (Lipinski definition) is 1. The van der Waals surface area contributed by atoms with E-state index in [9.17, 15) is 0 Å². The van der Waals surface area contributed by atoms with Gasteiger partial charge in [0.05, 0.1) is 7.85 Å². The van der Waals surface area contributed by atoms with Gasteiger partial charge in [-0.3, -0.25) is 4.98 Å². The van der Waals surface area contributed by atoms with Gasteiger partial charge in [0.25, 0.3) is 0 Å². The molecule has 1 aromatic rings. The van der Waals surface area contributed by atoms with Gasteiger partial charge >= 0.3 is 0 Å². The molecule has 0 unspecified atom stereocenters. The zero-order valence-corrected chi connectivity index (χ0v) is 8.09. The fraction of sp³-hybridized carbons (Fsp3) is 0.545. The Balaban J connectivity index is 2.33. The highest BCUT2D eigenvalue weighted by molar-refractivity contribution is 6.16. The molecule has 1 aliphatic carbocycles. The summed E-state index contributed by atoms with van der Waals surface area (Å²) >= 11 is 0. The summed E-state index contributed by atoms with van der Waals surface area (Å²) < 4.78 is 0. The zero-order chi connectivity index (χ0) is 9.31. The molecule has 1 heterocycles. The van der Waals surface area contributed by atoms with Gasteiger partial charge in [-0.25, -0.2) is 0 Å². The van der Waals surface area contributed by atoms with Gasteiger partial charge in [0.15, 0.2) is 0 Å². The first-order valence-electron chi connectivity index (χ1n) is 4.93. The van der Waals surface area contributed by atoms with Crippen LogP contribution >= 0.6 is 0 Å². The molecule has 66 valence electrons. The van der Waals surface area contributed by atoms with Crippen LogP contribution in [-0.2, 0) is 5.31 Å². The maximum Gasteiger partial charge on any atom is 0.0810 e. The van der Waals surface area contributed by atoms with E-state index in [4.69, 9.17) is 7.85 Å². The van der Waals surface area contributed by atoms with Gasteiger partial charge in [-0.15, -0.1) is 0 Å². The normalized spacial score (nSPS) is 20.4. The second kappa shape index (κ2) is 3.17. The molecule has 0 amide bonds. The van der Waals surface area contributed by atoms with Gasteiger partial charge in [-0.05, 0) is 29.9 Å². The Labute approximate surface area is 81.0 Å². The van der Waals surface area contributed by atoms with Gasteiger partial charge in [0.1, 0.15) is 0 Å². The van der Waals surface area contributed by atoms with Crippen LogP contribution < -0.4 is 0 Å². The lowest BCUT2D eigenvalue weighted by Crippen LogP contribution is -2.22. The Morgan fingerprint density at radius 2 is 2.08 bits per heavy atom. The van der Waals surface area contributed by atoms with Crippen molar-refractivity contribution in [3.63, 3.8) is 0 Å². The van der Waals surface area contributed by atoms with Crippen LogP contribution in [0.2, 0.25) is 0 Å². The SMILES string of the molecule is [B]C1(c2ccnc(C)c2)CCCC1. The molecule has 2 radical (unpaired) electrons. The Morgan fingerprint density at radius 1 is 1.38 bits per heavy atom. The molecule has 2 heteroatoms. The van der Waals surface area contributed by atoms with Gasteiger partial charge in [-0.1, -0.05) is 25.7 Å². The molecule has 0 atom stereocenters. The quantitative estimate of drug-likeness (QED) is 0.591. The monoisotopic (exact) mass is 171 g/mol. The predicted molar refractivity (Wildman–Crippen MR) is 54.9 cm³/mol. The second-order valence-corrected chi connectivity index (χ2v) is 4.05. The average Bonchev–Trinajstić information content (AvgIpc) is 2.54. The van der Waals surface area contributed by atoms with Crippen LogP contribution in [0.1, 0.15) is 36.9 Å². The summed E-state index contributed by atoms with van der Waals surface area (Å²) in [5.74, 6) is 0. The molecule has 1 aliphatic rings. The lowest BCUT2D eigenvalue weighted by Gasteiger charge is -2.24. The van der Waals surface area contributed by atoms with E-state index in [-0.39, 0.29) is 5.31 Å². The molecule has 1 fully saturated rings. The first kappa shape index (κ1) is 8.80. The van der Waals surface area contributed by atoms with Crippen molar-refractivity contribution in [3.05, 3.63) is 29.6 Å². The summed E-state index contributed by atoms with van der Waals surface area (Å²) in [4.78, 5) is 4.19. The first-order valence-corrected chi connectivity index (χ1v) is 4.93. The smallest absolute Gasteiger partial charge is 0.0810 e. The maximum atomic E-state index is 6.32. The van der Waals surface area contributed by atoms with Gasteiger partial charge in [0.2, 0.25) is 0 Å². The number of aromatic nitrogens is 1. The summed E-state index contributed by atoms with van der Waals surface area (Å²) in [6.45, 7) is 2.02. The lowest BCUT2D eigenvalue weighted by molar-refractivity contribution is 0.633. The zero-order valence-electron chi connectivity index (χ0n) is 8.09. The molecule has 0 saturated heterocycles. The third kappa shape index (κ3) is 1.62. The summed E-state index contributed by atoms with van der Waals surface area (Å²) in [7, 11) is 6.32. The molecule has 0 spiro atoms. The number of nitrogens with zero attached hydrogens (tertiary/aromatic N) is 1. The predicted octanol–water partition coefficient (Wildman–Crippen LogP) is 2.33. The van der Waals surface area contributed by atoms with Crippen molar-refractivity contribution in [1.29, 1.82) is 0 Å². The second-order valence-electron chi connectivity index (χ2n) is 4.05. The Bertz CT molecular complexity index is 303. The van der Waals surface area contributed by atoms with E-state index in [1.54, 1.807) is 0 Å². The lowest BCUT2D eigenvalue weighted by atomic mass is 9.63. The Hall–Kier alpha value is -0.785. The molecule has 0 bridgehead atoms. The number of hydrogen-bond donors (Lipinski definition) is 0. The molecular weight excluding hydrogens is 157 g/mol. The van der Waals surface area contributed by atoms with Crippen molar-refractivity contribution >= 4 is 7.85 Å². The van der Waals surface area contributed by atoms with E-state index in [1.165, 1.54) is 18.4 Å². The Kier molecular flexibility index (Phi) is 2.14. The Morgan fingerprint density at radius 3 is 2.69 bits per heavy atom. The van der Waals surface area contributed by atoms with Crippen LogP contribution in [0.15, 0.2) is 18.3 Å². The van der Waals surface area contributed by atoms with Crippen LogP contribution in [0, 0.1) is 6.92 Å². The van der Waals surface area contributed by atoms with E-state index in [0.29, 0.717) is 0 Å². The summed E-state index contributed by atoms with van der Waals surface area (Å²) in [6.07, 6.45) is 6.63. The van der Waals surface area contributed by atoms with E-state index in [0.717, 1.165) is 18.5 Å². The third-order valence-corrected chi connectivity index (χ3v) is 2.97. The van der Waals surface area contributed by atoms with Crippen molar-refractivity contribution in [2.45, 2.75) is 37.9 Å². The maximum absolute atomic E-state index is 6.32. The molecule has 0 N–H and O–H groups in total. The van der Waals surface area contributed by atoms with Crippen LogP contribution in [0.25, 0.3) is 0 Å². The number of rotatable bonds is 1. The molecule has 1 aromatic heterocycles. The summed E-state index contributed by atoms with van der Waals surface area (Å²) in [6, 6.07) is 4.17. The minimum absolute atomic E-state index is 0.0618. The van der Waals surface area contributed by atoms with Crippen molar-refractivity contribution in [1.82, 2.24) is 4.98 Å². The molecule has 2 rings (SSSR count). The highest BCUT2D eigenvalue weighted by Gasteiger charge is 2.29. The minimum Gasteiger partial charge on any atom is -0.262 e. The largest absolute Gasteiger partial charge is 0.262 e. The van der Waals surface area contributed by atoms with E-state index < -0.39 is 0 Å². The van der Waals surface area contributed by atoms with Crippen molar-refractivity contribution in [3.8, 4) is 0 Å². The number of aryl methyl sites for hydroxylation is 1. The molecule has 0 aliphatic heterocycles. The standard InChI is InChI=1S/C11H14BN/c1-9-8-10(4-7-13-9)11(12)5-2-3-6-11/h4,7-8H,2-3,5-6H2,1H3. The highest BCUT2D eigenvalue weighted by atomic mass is 14.6. The third-order valence-electron chi connectivity index (χ3n) is 2.97. The van der Waals surface area contributed by atoms with E-state index >= 15 is 0 Å². The molecular formula is C11H14BN. The number of pyridine rings is 1. The van der Waals surface area contributed by atoms with Crippen LogP contribution in [0.5, 0.6) is 0 Å². The van der Waals surface area contributed by atoms with Crippen LogP contribution in [0.3, 0.4) is 0 Å². The molecule has 1 nitrogen and oxygen atoms in total. The van der Waals surface area contributed by atoms with Crippen LogP contribution in [0.4, 0.5) is 0 Å². The van der Waals surface area contributed by atoms with Crippen molar-refractivity contribution in [2.75, 3.05) is 0 Å². The first-order chi connectivity index (χ1) is 6.21. The van der Waals surface area contributed by atoms with E-state index in [2.05, 4.69) is 17.1 Å². The van der Waals surface area contributed by atoms with Gasteiger partial charge in [-0.2, -0.15) is 0 Å². The molecule has 0 aromatic carbocycles.